The largest absolute Gasteiger partial charge is 0.366 e. The van der Waals surface area contributed by atoms with Gasteiger partial charge in [-0.25, -0.2) is 0 Å². The van der Waals surface area contributed by atoms with E-state index in [4.69, 9.17) is 0 Å². The summed E-state index contributed by atoms with van der Waals surface area (Å²) in [5.41, 5.74) is 2.51. The van der Waals surface area contributed by atoms with E-state index in [0.717, 1.165) is 19.0 Å². The highest BCUT2D eigenvalue weighted by Crippen LogP contribution is 2.21. The van der Waals surface area contributed by atoms with Crippen LogP contribution in [0.4, 0.5) is 0 Å². The number of rotatable bonds is 5. The van der Waals surface area contributed by atoms with E-state index < -0.39 is 0 Å². The predicted molar refractivity (Wildman–Crippen MR) is 120 cm³/mol. The van der Waals surface area contributed by atoms with E-state index in [1.54, 1.807) is 0 Å². The molecule has 0 bridgehead atoms. The van der Waals surface area contributed by atoms with Gasteiger partial charge in [0.25, 0.3) is 0 Å². The lowest BCUT2D eigenvalue weighted by molar-refractivity contribution is 0.0928. The minimum absolute atomic E-state index is 0.173. The summed E-state index contributed by atoms with van der Waals surface area (Å²) in [6.07, 6.45) is 14.3. The van der Waals surface area contributed by atoms with Crippen LogP contribution in [-0.2, 0) is 0 Å². The van der Waals surface area contributed by atoms with Gasteiger partial charge in [0.2, 0.25) is 0 Å². The monoisotopic (exact) mass is 400 g/mol. The lowest BCUT2D eigenvalue weighted by atomic mass is 10.0. The normalized spacial score (nSPS) is 30.3. The fourth-order valence-electron chi connectivity index (χ4n) is 5.12. The Kier molecular flexibility index (Phi) is 6.83. The lowest BCUT2D eigenvalue weighted by Gasteiger charge is -2.40. The third-order valence-electron chi connectivity index (χ3n) is 7.03. The minimum atomic E-state index is 0.173. The van der Waals surface area contributed by atoms with E-state index in [-0.39, 0.29) is 6.17 Å². The first kappa shape index (κ1) is 20.8. The molecule has 2 fully saturated rings. The number of nitrogens with zero attached hydrogens (tertiary/aromatic N) is 3. The maximum absolute atomic E-state index is 3.77. The first-order chi connectivity index (χ1) is 14.1. The average Bonchev–Trinajstić information content (AvgIpc) is 3.11. The van der Waals surface area contributed by atoms with Gasteiger partial charge in [0, 0.05) is 43.6 Å². The molecule has 0 aromatic heterocycles. The Balaban J connectivity index is 1.27. The van der Waals surface area contributed by atoms with Crippen LogP contribution in [0.3, 0.4) is 0 Å². The minimum Gasteiger partial charge on any atom is -0.366 e. The highest BCUT2D eigenvalue weighted by molar-refractivity contribution is 5.27. The number of piperidine rings is 1. The van der Waals surface area contributed by atoms with Crippen molar-refractivity contribution in [3.8, 4) is 0 Å². The van der Waals surface area contributed by atoms with Gasteiger partial charge in [0.15, 0.2) is 0 Å². The zero-order chi connectivity index (χ0) is 20.2. The highest BCUT2D eigenvalue weighted by Gasteiger charge is 2.29. The Bertz CT molecular complexity index is 631. The predicted octanol–water partition coefficient (Wildman–Crippen LogP) is 2.01. The number of likely N-dealkylation sites (tertiary alicyclic amines) is 1. The summed E-state index contributed by atoms with van der Waals surface area (Å²) >= 11 is 0. The van der Waals surface area contributed by atoms with Crippen molar-refractivity contribution in [2.45, 2.75) is 70.9 Å². The maximum Gasteiger partial charge on any atom is 0.137 e. The molecule has 0 aromatic carbocycles. The van der Waals surface area contributed by atoms with Gasteiger partial charge in [0.05, 0.1) is 11.9 Å². The molecule has 2 saturated heterocycles. The molecule has 0 amide bonds. The van der Waals surface area contributed by atoms with Crippen LogP contribution in [-0.4, -0.2) is 78.4 Å². The molecule has 0 aliphatic carbocycles. The van der Waals surface area contributed by atoms with Gasteiger partial charge >= 0.3 is 0 Å². The molecule has 4 rings (SSSR count). The molecule has 0 aromatic rings. The van der Waals surface area contributed by atoms with Crippen LogP contribution in [0.15, 0.2) is 35.8 Å². The van der Waals surface area contributed by atoms with Gasteiger partial charge in [-0.05, 0) is 71.3 Å². The van der Waals surface area contributed by atoms with Crippen LogP contribution in [0.5, 0.6) is 0 Å². The molecule has 6 heteroatoms. The summed E-state index contributed by atoms with van der Waals surface area (Å²) in [7, 11) is 0. The topological polar surface area (TPSA) is 45.8 Å². The van der Waals surface area contributed by atoms with E-state index in [2.05, 4.69) is 75.8 Å². The van der Waals surface area contributed by atoms with Gasteiger partial charge in [-0.1, -0.05) is 13.0 Å². The number of dihydropyridines is 1. The molecule has 4 aliphatic heterocycles. The van der Waals surface area contributed by atoms with Gasteiger partial charge in [-0.15, -0.1) is 0 Å². The van der Waals surface area contributed by atoms with E-state index in [9.17, 15) is 0 Å². The third-order valence-corrected chi connectivity index (χ3v) is 7.03. The highest BCUT2D eigenvalue weighted by atomic mass is 15.3. The zero-order valence-corrected chi connectivity index (χ0v) is 18.5. The van der Waals surface area contributed by atoms with Crippen LogP contribution in [0.25, 0.3) is 0 Å². The molecule has 3 N–H and O–H groups in total. The van der Waals surface area contributed by atoms with Crippen LogP contribution in [0.2, 0.25) is 0 Å². The Morgan fingerprint density at radius 3 is 2.48 bits per heavy atom. The smallest absolute Gasteiger partial charge is 0.137 e. The SMILES string of the molecule is CCC1=CNC(C2=CC=CC(N3CCCN(C4CCN(C(C)C)CC4)CC3)N2)N1. The van der Waals surface area contributed by atoms with Gasteiger partial charge in [-0.2, -0.15) is 0 Å². The lowest BCUT2D eigenvalue weighted by Crippen LogP contribution is -2.51. The second-order valence-corrected chi connectivity index (χ2v) is 9.15. The first-order valence-electron chi connectivity index (χ1n) is 11.7. The molecule has 2 atom stereocenters. The number of allylic oxidation sites excluding steroid dienone is 3. The van der Waals surface area contributed by atoms with E-state index in [0.29, 0.717) is 12.2 Å². The van der Waals surface area contributed by atoms with Gasteiger partial charge in [0.1, 0.15) is 6.17 Å². The summed E-state index contributed by atoms with van der Waals surface area (Å²) in [5, 5.41) is 10.8. The Hall–Kier alpha value is -1.50. The van der Waals surface area contributed by atoms with Crippen LogP contribution >= 0.6 is 0 Å². The second kappa shape index (κ2) is 9.54. The van der Waals surface area contributed by atoms with Crippen molar-refractivity contribution in [2.24, 2.45) is 0 Å². The second-order valence-electron chi connectivity index (χ2n) is 9.15. The maximum atomic E-state index is 3.77. The molecule has 0 spiro atoms. The molecule has 4 aliphatic rings. The van der Waals surface area contributed by atoms with Crippen molar-refractivity contribution < 1.29 is 0 Å². The molecule has 0 radical (unpaired) electrons. The van der Waals surface area contributed by atoms with E-state index in [1.165, 1.54) is 63.4 Å². The number of nitrogens with one attached hydrogen (secondary N) is 3. The molecule has 4 heterocycles. The Labute approximate surface area is 177 Å². The average molecular weight is 401 g/mol. The molecule has 6 nitrogen and oxygen atoms in total. The molecule has 0 saturated carbocycles. The van der Waals surface area contributed by atoms with Gasteiger partial charge < -0.3 is 20.9 Å². The summed E-state index contributed by atoms with van der Waals surface area (Å²) in [6.45, 7) is 14.1. The van der Waals surface area contributed by atoms with Gasteiger partial charge in [-0.3, -0.25) is 9.80 Å². The quantitative estimate of drug-likeness (QED) is 0.656. The molecular weight excluding hydrogens is 360 g/mol. The summed E-state index contributed by atoms with van der Waals surface area (Å²) in [6, 6.07) is 1.47. The van der Waals surface area contributed by atoms with E-state index in [1.807, 2.05) is 0 Å². The number of hydrogen-bond donors (Lipinski definition) is 3. The van der Waals surface area contributed by atoms with E-state index >= 15 is 0 Å². The standard InChI is InChI=1S/C23H40N6/c1-4-19-17-24-23(25-19)21-7-5-8-22(26-21)29-12-6-11-28(15-16-29)20-9-13-27(14-10-20)18(2)3/h5,7-8,17-18,20,22-26H,4,6,9-16H2,1-3H3. The zero-order valence-electron chi connectivity index (χ0n) is 18.5. The first-order valence-corrected chi connectivity index (χ1v) is 11.7. The Morgan fingerprint density at radius 1 is 1.00 bits per heavy atom. The van der Waals surface area contributed by atoms with Crippen LogP contribution < -0.4 is 16.0 Å². The van der Waals surface area contributed by atoms with Crippen molar-refractivity contribution in [3.63, 3.8) is 0 Å². The summed E-state index contributed by atoms with van der Waals surface area (Å²) in [4.78, 5) is 8.03. The molecule has 29 heavy (non-hydrogen) atoms. The van der Waals surface area contributed by atoms with Crippen molar-refractivity contribution in [1.82, 2.24) is 30.7 Å². The number of hydrogen-bond acceptors (Lipinski definition) is 6. The van der Waals surface area contributed by atoms with Crippen LogP contribution in [0, 0.1) is 0 Å². The summed E-state index contributed by atoms with van der Waals surface area (Å²) < 4.78 is 0. The Morgan fingerprint density at radius 2 is 1.76 bits per heavy atom. The molecule has 2 unspecified atom stereocenters. The molecular formula is C23H40N6. The van der Waals surface area contributed by atoms with Crippen LogP contribution in [0.1, 0.15) is 46.5 Å². The van der Waals surface area contributed by atoms with Crippen molar-refractivity contribution in [2.75, 3.05) is 39.3 Å². The fourth-order valence-corrected chi connectivity index (χ4v) is 5.12. The fraction of sp³-hybridized carbons (Fsp3) is 0.739. The van der Waals surface area contributed by atoms with Crippen molar-refractivity contribution >= 4 is 0 Å². The van der Waals surface area contributed by atoms with Crippen molar-refractivity contribution in [3.05, 3.63) is 35.8 Å². The van der Waals surface area contributed by atoms with Crippen molar-refractivity contribution in [1.29, 1.82) is 0 Å². The summed E-state index contributed by atoms with van der Waals surface area (Å²) in [5.74, 6) is 0. The molecule has 162 valence electrons. The third kappa shape index (κ3) is 4.98.